The van der Waals surface area contributed by atoms with Crippen molar-refractivity contribution in [3.63, 3.8) is 0 Å². The minimum Gasteiger partial charge on any atom is -0.214 e. The van der Waals surface area contributed by atoms with E-state index in [9.17, 15) is 30.4 Å². The molecule has 0 saturated carbocycles. The van der Waals surface area contributed by atoms with Gasteiger partial charge in [-0.1, -0.05) is 37.9 Å². The van der Waals surface area contributed by atoms with Gasteiger partial charge < -0.3 is 0 Å². The molecule has 2 rings (SSSR count). The predicted octanol–water partition coefficient (Wildman–Crippen LogP) is 5.45. The average molecular weight is 480 g/mol. The summed E-state index contributed by atoms with van der Waals surface area (Å²) in [5, 5.41) is 0. The van der Waals surface area contributed by atoms with Gasteiger partial charge in [0.1, 0.15) is 11.6 Å². The van der Waals surface area contributed by atoms with Crippen LogP contribution in [0.3, 0.4) is 0 Å². The summed E-state index contributed by atoms with van der Waals surface area (Å²) >= 11 is 5.73. The largest absolute Gasteiger partial charge is 0.501 e. The van der Waals surface area contributed by atoms with Crippen molar-refractivity contribution >= 4 is 41.7 Å². The summed E-state index contributed by atoms with van der Waals surface area (Å²) in [5.74, 6) is -2.38. The van der Waals surface area contributed by atoms with Crippen LogP contribution in [0.25, 0.3) is 11.1 Å². The van der Waals surface area contributed by atoms with Crippen molar-refractivity contribution in [1.82, 2.24) is 0 Å². The fourth-order valence-corrected chi connectivity index (χ4v) is 4.58. The highest BCUT2D eigenvalue weighted by molar-refractivity contribution is 9.11. The van der Waals surface area contributed by atoms with E-state index in [-0.39, 0.29) is 8.95 Å². The smallest absolute Gasteiger partial charge is 0.214 e. The first-order valence-corrected chi connectivity index (χ1v) is 8.78. The van der Waals surface area contributed by atoms with Gasteiger partial charge in [-0.2, -0.15) is 13.2 Å². The lowest BCUT2D eigenvalue weighted by Gasteiger charge is -2.16. The molecule has 0 heterocycles. The monoisotopic (exact) mass is 478 g/mol. The maximum atomic E-state index is 13.9. The lowest BCUT2D eigenvalue weighted by Crippen LogP contribution is -2.24. The Morgan fingerprint density at radius 3 is 1.91 bits per heavy atom. The van der Waals surface area contributed by atoms with Gasteiger partial charge >= 0.3 is 5.51 Å². The third-order valence-electron chi connectivity index (χ3n) is 2.83. The van der Waals surface area contributed by atoms with Crippen LogP contribution in [0.2, 0.25) is 0 Å². The third kappa shape index (κ3) is 3.29. The van der Waals surface area contributed by atoms with Gasteiger partial charge in [0.15, 0.2) is 0 Å². The first-order valence-electron chi connectivity index (χ1n) is 5.71. The van der Waals surface area contributed by atoms with Crippen LogP contribution in [0.1, 0.15) is 0 Å². The van der Waals surface area contributed by atoms with Gasteiger partial charge in [0, 0.05) is 14.5 Å². The van der Waals surface area contributed by atoms with Crippen LogP contribution in [0.5, 0.6) is 0 Å². The maximum Gasteiger partial charge on any atom is 0.501 e. The molecular weight excluding hydrogens is 475 g/mol. The molecule has 0 fully saturated rings. The molecule has 2 aromatic carbocycles. The fourth-order valence-electron chi connectivity index (χ4n) is 1.87. The number of hydrogen-bond donors (Lipinski definition) is 0. The van der Waals surface area contributed by atoms with Crippen molar-refractivity contribution in [2.75, 3.05) is 0 Å². The first kappa shape index (κ1) is 18.3. The molecule has 0 radical (unpaired) electrons. The number of hydrogen-bond acceptors (Lipinski definition) is 2. The van der Waals surface area contributed by atoms with Crippen molar-refractivity contribution in [3.05, 3.63) is 50.9 Å². The van der Waals surface area contributed by atoms with E-state index in [1.807, 2.05) is 0 Å². The minimum absolute atomic E-state index is 0.00676. The van der Waals surface area contributed by atoms with Crippen LogP contribution < -0.4 is 0 Å². The Balaban J connectivity index is 2.97. The van der Waals surface area contributed by atoms with E-state index in [1.54, 1.807) is 0 Å². The Morgan fingerprint density at radius 1 is 0.913 bits per heavy atom. The zero-order valence-corrected chi connectivity index (χ0v) is 14.7. The summed E-state index contributed by atoms with van der Waals surface area (Å²) in [6.45, 7) is 0. The summed E-state index contributed by atoms with van der Waals surface area (Å²) in [6.07, 6.45) is 0. The first-order chi connectivity index (χ1) is 10.5. The molecule has 2 aromatic rings. The highest BCUT2D eigenvalue weighted by atomic mass is 79.9. The summed E-state index contributed by atoms with van der Waals surface area (Å²) in [4.78, 5) is -1.25. The van der Waals surface area contributed by atoms with E-state index in [1.165, 1.54) is 6.07 Å². The molecule has 0 bridgehead atoms. The number of benzene rings is 2. The molecule has 0 unspecified atom stereocenters. The molecule has 0 amide bonds. The summed E-state index contributed by atoms with van der Waals surface area (Å²) < 4.78 is 89.8. The van der Waals surface area contributed by atoms with Crippen molar-refractivity contribution in [3.8, 4) is 11.1 Å². The topological polar surface area (TPSA) is 34.1 Å². The molecule has 23 heavy (non-hydrogen) atoms. The van der Waals surface area contributed by atoms with E-state index in [0.29, 0.717) is 6.07 Å². The van der Waals surface area contributed by atoms with Crippen molar-refractivity contribution in [1.29, 1.82) is 0 Å². The number of sulfone groups is 1. The average Bonchev–Trinajstić information content (AvgIpc) is 2.38. The quantitative estimate of drug-likeness (QED) is 0.537. The Morgan fingerprint density at radius 2 is 1.43 bits per heavy atom. The molecule has 0 atom stereocenters. The standard InChI is InChI=1S/C13H5Br2F5O2S/c14-6-4-7(15)11(12-8(16)2-1-3-9(12)17)10(5-6)23(21,22)13(18,19)20/h1-5H. The summed E-state index contributed by atoms with van der Waals surface area (Å²) in [7, 11) is -5.83. The molecule has 0 aromatic heterocycles. The Hall–Kier alpha value is -1.00. The van der Waals surface area contributed by atoms with Crippen LogP contribution in [-0.4, -0.2) is 13.9 Å². The minimum atomic E-state index is -5.83. The molecule has 10 heteroatoms. The molecule has 0 aliphatic carbocycles. The Bertz CT molecular complexity index is 858. The van der Waals surface area contributed by atoms with E-state index in [0.717, 1.165) is 18.2 Å². The number of halogens is 7. The van der Waals surface area contributed by atoms with Gasteiger partial charge in [0.2, 0.25) is 0 Å². The second-order valence-electron chi connectivity index (χ2n) is 4.31. The SMILES string of the molecule is O=S(=O)(c1cc(Br)cc(Br)c1-c1c(F)cccc1F)C(F)(F)F. The molecule has 0 N–H and O–H groups in total. The highest BCUT2D eigenvalue weighted by Crippen LogP contribution is 2.43. The van der Waals surface area contributed by atoms with Crippen LogP contribution in [0.4, 0.5) is 22.0 Å². The van der Waals surface area contributed by atoms with Gasteiger partial charge in [-0.05, 0) is 24.3 Å². The highest BCUT2D eigenvalue weighted by Gasteiger charge is 2.48. The van der Waals surface area contributed by atoms with E-state index >= 15 is 0 Å². The van der Waals surface area contributed by atoms with Gasteiger partial charge in [0.25, 0.3) is 9.84 Å². The molecule has 0 aliphatic rings. The normalized spacial score (nSPS) is 12.5. The summed E-state index contributed by atoms with van der Waals surface area (Å²) in [6, 6.07) is 4.48. The van der Waals surface area contributed by atoms with Crippen LogP contribution >= 0.6 is 31.9 Å². The number of alkyl halides is 3. The van der Waals surface area contributed by atoms with Gasteiger partial charge in [-0.15, -0.1) is 0 Å². The van der Waals surface area contributed by atoms with Crippen molar-refractivity contribution in [2.45, 2.75) is 10.4 Å². The molecule has 0 aliphatic heterocycles. The molecule has 2 nitrogen and oxygen atoms in total. The zero-order chi connectivity index (χ0) is 17.6. The lowest BCUT2D eigenvalue weighted by atomic mass is 10.0. The van der Waals surface area contributed by atoms with Crippen LogP contribution in [0.15, 0.2) is 44.2 Å². The predicted molar refractivity (Wildman–Crippen MR) is 80.4 cm³/mol. The summed E-state index contributed by atoms with van der Waals surface area (Å²) in [5.41, 5.74) is -7.22. The second kappa shape index (κ2) is 6.14. The molecule has 124 valence electrons. The molecule has 0 spiro atoms. The van der Waals surface area contributed by atoms with Gasteiger partial charge in [0.05, 0.1) is 10.5 Å². The van der Waals surface area contributed by atoms with Crippen LogP contribution in [0, 0.1) is 11.6 Å². The molecular formula is C13H5Br2F5O2S. The maximum absolute atomic E-state index is 13.9. The van der Waals surface area contributed by atoms with E-state index in [4.69, 9.17) is 0 Å². The molecule has 0 saturated heterocycles. The lowest BCUT2D eigenvalue weighted by molar-refractivity contribution is -0.0435. The van der Waals surface area contributed by atoms with Gasteiger partial charge in [-0.25, -0.2) is 17.2 Å². The van der Waals surface area contributed by atoms with E-state index in [2.05, 4.69) is 31.9 Å². The fraction of sp³-hybridized carbons (Fsp3) is 0.0769. The van der Waals surface area contributed by atoms with Crippen LogP contribution in [-0.2, 0) is 9.84 Å². The van der Waals surface area contributed by atoms with Crippen molar-refractivity contribution < 1.29 is 30.4 Å². The Labute approximate surface area is 144 Å². The number of rotatable bonds is 2. The van der Waals surface area contributed by atoms with Gasteiger partial charge in [-0.3, -0.25) is 0 Å². The zero-order valence-electron chi connectivity index (χ0n) is 10.8. The van der Waals surface area contributed by atoms with E-state index < -0.39 is 43.0 Å². The Kier molecular flexibility index (Phi) is 4.89. The van der Waals surface area contributed by atoms with Crippen molar-refractivity contribution in [2.24, 2.45) is 0 Å². The second-order valence-corrected chi connectivity index (χ2v) is 7.99. The third-order valence-corrected chi connectivity index (χ3v) is 5.42.